The first kappa shape index (κ1) is 92.6. The zero-order chi connectivity index (χ0) is 83.2. The van der Waals surface area contributed by atoms with Gasteiger partial charge in [0, 0.05) is 87.4 Å². The maximum absolute atomic E-state index is 6.37. The maximum Gasteiger partial charge on any atom is 0.128 e. The number of rotatable bonds is 17. The fourth-order valence-electron chi connectivity index (χ4n) is 20.1. The topological polar surface area (TPSA) is 70.0 Å². The van der Waals surface area contributed by atoms with Crippen LogP contribution in [-0.4, -0.2) is 50.1 Å². The Kier molecular flexibility index (Phi) is 26.2. The van der Waals surface area contributed by atoms with Crippen molar-refractivity contribution in [2.24, 2.45) is 0 Å². The van der Waals surface area contributed by atoms with E-state index >= 15 is 0 Å². The van der Waals surface area contributed by atoms with Crippen LogP contribution in [0.1, 0.15) is 237 Å². The molecule has 6 nitrogen and oxygen atoms in total. The zero-order valence-electron chi connectivity index (χ0n) is 71.5. The third-order valence-corrected chi connectivity index (χ3v) is 57.1. The average molecular weight is 2040 g/mol. The molecule has 122 heavy (non-hydrogen) atoms. The van der Waals surface area contributed by atoms with Crippen molar-refractivity contribution < 1.29 is 9.47 Å². The number of aryl methyl sites for hydroxylation is 9. The van der Waals surface area contributed by atoms with Gasteiger partial charge in [0.15, 0.2) is 0 Å². The zero-order valence-corrected chi connectivity index (χ0v) is 85.7. The van der Waals surface area contributed by atoms with Gasteiger partial charge in [0.25, 0.3) is 0 Å². The average Bonchev–Trinajstić information content (AvgIpc) is 1.52. The molecule has 0 N–H and O–H groups in total. The number of halogens is 2. The summed E-state index contributed by atoms with van der Waals surface area (Å²) in [6.45, 7) is 46.7. The molecule has 0 bridgehead atoms. The molecule has 0 amide bonds. The summed E-state index contributed by atoms with van der Waals surface area (Å²) in [5.41, 5.74) is 33.6. The summed E-state index contributed by atoms with van der Waals surface area (Å²) in [5.74, 6) is 2.06. The molecule has 10 aromatic heterocycles. The minimum Gasteiger partial charge on any atom is -0.496 e. The van der Waals surface area contributed by atoms with Crippen molar-refractivity contribution in [1.29, 1.82) is 0 Å². The number of unbranched alkanes of at least 4 members (excludes halogenated alkanes) is 3. The summed E-state index contributed by atoms with van der Waals surface area (Å²) in [4.78, 5) is 17.5. The van der Waals surface area contributed by atoms with E-state index in [4.69, 9.17) is 18.2 Å². The van der Waals surface area contributed by atoms with Gasteiger partial charge >= 0.3 is 268 Å². The summed E-state index contributed by atoms with van der Waals surface area (Å²) in [6, 6.07) is 37.7. The van der Waals surface area contributed by atoms with E-state index in [2.05, 4.69) is 287 Å². The molecule has 4 aliphatic rings. The Balaban J connectivity index is 0.000000157. The van der Waals surface area contributed by atoms with Gasteiger partial charge in [-0.1, -0.05) is 87.7 Å². The predicted octanol–water partition coefficient (Wildman–Crippen LogP) is 36.3. The van der Waals surface area contributed by atoms with Crippen LogP contribution >= 0.6 is 146 Å². The van der Waals surface area contributed by atoms with Gasteiger partial charge in [0.2, 0.25) is 0 Å². The van der Waals surface area contributed by atoms with E-state index in [0.717, 1.165) is 50.3 Å². The molecular weight excluding hydrogens is 1920 g/mol. The molecule has 10 heterocycles. The van der Waals surface area contributed by atoms with E-state index in [1.54, 1.807) is 28.2 Å². The molecule has 4 aliphatic carbocycles. The predicted molar refractivity (Wildman–Crippen MR) is 559 cm³/mol. The Morgan fingerprint density at radius 1 is 0.336 bits per heavy atom. The molecule has 0 aliphatic heterocycles. The van der Waals surface area contributed by atoms with Gasteiger partial charge in [-0.25, -0.2) is 0 Å². The molecule has 0 fully saturated rings. The van der Waals surface area contributed by atoms with Crippen LogP contribution in [0.15, 0.2) is 105 Å². The van der Waals surface area contributed by atoms with E-state index < -0.39 is 18.4 Å². The molecular formula is C103H116Br2N4O2S10Sn. The van der Waals surface area contributed by atoms with Crippen LogP contribution in [0.4, 0.5) is 0 Å². The molecule has 6 aromatic carbocycles. The quantitative estimate of drug-likeness (QED) is 0.0846. The van der Waals surface area contributed by atoms with E-state index in [0.29, 0.717) is 0 Å². The van der Waals surface area contributed by atoms with Crippen molar-refractivity contribution >= 4 is 211 Å². The number of aromatic nitrogens is 4. The Hall–Kier alpha value is -5.56. The third kappa shape index (κ3) is 14.6. The van der Waals surface area contributed by atoms with Gasteiger partial charge < -0.3 is 4.74 Å². The molecule has 0 unspecified atom stereocenters. The molecule has 0 atom stereocenters. The number of benzene rings is 6. The van der Waals surface area contributed by atoms with Crippen molar-refractivity contribution in [3.63, 3.8) is 0 Å². The minimum atomic E-state index is -2.56. The molecule has 19 heteroatoms. The summed E-state index contributed by atoms with van der Waals surface area (Å²) >= 11 is 22.5. The first-order valence-corrected chi connectivity index (χ1v) is 58.5. The number of hydrogen-bond donors (Lipinski definition) is 0. The minimum absolute atomic E-state index is 0. The molecule has 638 valence electrons. The normalized spacial score (nSPS) is 14.2. The van der Waals surface area contributed by atoms with Crippen molar-refractivity contribution in [1.82, 2.24) is 17.5 Å². The van der Waals surface area contributed by atoms with Gasteiger partial charge in [-0.2, -0.15) is 17.5 Å². The van der Waals surface area contributed by atoms with E-state index in [9.17, 15) is 0 Å². The Morgan fingerprint density at radius 2 is 0.664 bits per heavy atom. The summed E-state index contributed by atoms with van der Waals surface area (Å²) in [6.07, 6.45) is 8.19. The van der Waals surface area contributed by atoms with Crippen molar-refractivity contribution in [3.05, 3.63) is 197 Å². The van der Waals surface area contributed by atoms with Gasteiger partial charge in [-0.15, -0.1) is 68.0 Å². The van der Waals surface area contributed by atoms with Crippen LogP contribution < -0.4 is 12.4 Å². The number of hydrogen-bond acceptors (Lipinski definition) is 16. The second kappa shape index (κ2) is 34.5. The van der Waals surface area contributed by atoms with Gasteiger partial charge in [-0.05, 0) is 196 Å². The van der Waals surface area contributed by atoms with Gasteiger partial charge in [-0.3, -0.25) is 0 Å². The summed E-state index contributed by atoms with van der Waals surface area (Å²) in [5, 5.41) is 5.55. The SMILES string of the molecule is C.C.C.C.CCC[CH2][Sn]([CH2]CCC)([CH2]CCC)[c]1cc2c(s1)-c1c(OC)cc3c4c(c(C)cc3c1C2(C)C)-c1sc(C)cc1C4(C)C.COc1cc2c3c(c(C)cc2c2c1-c1sc(-c4sc(-c5ccc(-c6cc(C)c(C)s6)c6nsnc56)cc4C)cc1C2(C)C)-c1sc(C)cc1C3(C)C.Cc1cc(-c2ccc(-c3cc(C)c(Br)s3)c3nsnc23)sc1Br. The second-order valence-electron chi connectivity index (χ2n) is 35.6. The number of fused-ring (bicyclic) bond motifs is 20. The summed E-state index contributed by atoms with van der Waals surface area (Å²) < 4.78 is 40.2. The molecule has 0 saturated carbocycles. The third-order valence-electron chi connectivity index (χ3n) is 26.4. The van der Waals surface area contributed by atoms with Crippen molar-refractivity contribution in [2.75, 3.05) is 14.2 Å². The Labute approximate surface area is 786 Å². The molecule has 0 radical (unpaired) electrons. The Morgan fingerprint density at radius 3 is 1.03 bits per heavy atom. The second-order valence-corrected chi connectivity index (χ2v) is 62.5. The van der Waals surface area contributed by atoms with Crippen LogP contribution in [0.25, 0.3) is 137 Å². The van der Waals surface area contributed by atoms with Crippen LogP contribution in [0.3, 0.4) is 0 Å². The monoisotopic (exact) mass is 2040 g/mol. The summed E-state index contributed by atoms with van der Waals surface area (Å²) in [7, 11) is 3.74. The molecule has 0 saturated heterocycles. The number of ether oxygens (including phenoxy) is 2. The standard InChI is InChI=1S/C44H38N2OS5.C27H25OS2.C16H10Br2N2S3.3C4H9.4CH4.Sn/c1-19-14-31(49-23(19)5)24-11-12-25(39-38(24)45-52-46-39)32-15-21(3)40(50-32)33-18-29-42(51-33)35-30(47-10)17-27-26(37(35)44(29,8)9)13-20(2)34-36(27)43(6,7)28-16-22(4)48-41(28)34;1-13-10-15-16(22-20(13)25-18(27(22,5)6)11-14(2)30-25)12-19(28-7)21-23(15)26(3,4)17-8-9-29-24(17)21;1-7-5-11(21-15(7)17)9-3-4-10(14-13(9)19-23-20-14)12-6-8(2)16(18)22-12;3*1-3-4-2;;;;;/h11-18H,1-10H3;8,10-12H,1-7H3;3-6H,1-2H3;3*1,3-4H2,2H3;4*1H4;. The fraction of sp³-hybridized carbons (Fsp3) is 0.379. The molecule has 16 aromatic rings. The number of methoxy groups -OCH3 is 2. The van der Waals surface area contributed by atoms with Crippen LogP contribution in [0.5, 0.6) is 11.5 Å². The maximum atomic E-state index is 6.37. The number of thiophene rings is 8. The van der Waals surface area contributed by atoms with Crippen LogP contribution in [0, 0.1) is 62.3 Å². The van der Waals surface area contributed by atoms with Crippen molar-refractivity contribution in [3.8, 4) is 105 Å². The smallest absolute Gasteiger partial charge is 0.128 e. The number of nitrogens with zero attached hydrogens (tertiary/aromatic N) is 4. The van der Waals surface area contributed by atoms with E-state index in [1.807, 2.05) is 73.8 Å². The molecule has 20 rings (SSSR count). The first-order valence-electron chi connectivity index (χ1n) is 41.4. The van der Waals surface area contributed by atoms with Crippen LogP contribution in [-0.2, 0) is 21.7 Å². The van der Waals surface area contributed by atoms with Crippen LogP contribution in [0.2, 0.25) is 13.3 Å². The largest absolute Gasteiger partial charge is 0.496 e. The fourth-order valence-corrected chi connectivity index (χ4v) is 51.3. The van der Waals surface area contributed by atoms with E-state index in [1.165, 1.54) is 268 Å². The van der Waals surface area contributed by atoms with Gasteiger partial charge in [0.1, 0.15) is 27.8 Å². The Bertz CT molecular complexity index is 6640. The van der Waals surface area contributed by atoms with Gasteiger partial charge in [0.05, 0.1) is 38.1 Å². The molecule has 0 spiro atoms. The van der Waals surface area contributed by atoms with Crippen molar-refractivity contribution in [2.45, 2.75) is 242 Å². The van der Waals surface area contributed by atoms with E-state index in [-0.39, 0.29) is 51.4 Å². The first-order chi connectivity index (χ1) is 56.3.